The molecule has 3 heteroatoms. The Morgan fingerprint density at radius 2 is 1.94 bits per heavy atom. The van der Waals surface area contributed by atoms with Crippen LogP contribution in [0.25, 0.3) is 0 Å². The lowest BCUT2D eigenvalue weighted by atomic mass is 9.63. The van der Waals surface area contributed by atoms with Crippen molar-refractivity contribution in [3.63, 3.8) is 0 Å². The number of esters is 1. The first-order valence-corrected chi connectivity index (χ1v) is 6.98. The van der Waals surface area contributed by atoms with Gasteiger partial charge in [0.15, 0.2) is 5.60 Å². The van der Waals surface area contributed by atoms with Gasteiger partial charge in [0.05, 0.1) is 7.11 Å². The van der Waals surface area contributed by atoms with Crippen LogP contribution in [0.1, 0.15) is 53.9 Å². The van der Waals surface area contributed by atoms with Gasteiger partial charge in [-0.1, -0.05) is 34.6 Å². The second kappa shape index (κ2) is 3.96. The molecule has 0 aromatic carbocycles. The third-order valence-corrected chi connectivity index (χ3v) is 4.64. The molecule has 104 valence electrons. The van der Waals surface area contributed by atoms with Crippen LogP contribution in [0.3, 0.4) is 0 Å². The molecule has 1 aliphatic carbocycles. The summed E-state index contributed by atoms with van der Waals surface area (Å²) in [5.74, 6) is 0.562. The van der Waals surface area contributed by atoms with Gasteiger partial charge in [-0.25, -0.2) is 4.79 Å². The molecule has 1 spiro atoms. The van der Waals surface area contributed by atoms with E-state index in [0.717, 1.165) is 12.8 Å². The van der Waals surface area contributed by atoms with Crippen LogP contribution in [0, 0.1) is 17.3 Å². The summed E-state index contributed by atoms with van der Waals surface area (Å²) in [5.41, 5.74) is -0.745. The summed E-state index contributed by atoms with van der Waals surface area (Å²) in [4.78, 5) is 12.2. The van der Waals surface area contributed by atoms with E-state index >= 15 is 0 Å². The van der Waals surface area contributed by atoms with Crippen molar-refractivity contribution in [3.05, 3.63) is 0 Å². The molecule has 3 atom stereocenters. The van der Waals surface area contributed by atoms with Gasteiger partial charge in [-0.15, -0.1) is 0 Å². The van der Waals surface area contributed by atoms with Gasteiger partial charge in [0.25, 0.3) is 0 Å². The first-order valence-electron chi connectivity index (χ1n) is 6.98. The Hall–Kier alpha value is -0.570. The summed E-state index contributed by atoms with van der Waals surface area (Å²) in [6.07, 6.45) is 3.13. The number of carbonyl (C=O) groups is 1. The third kappa shape index (κ3) is 1.78. The second-order valence-corrected chi connectivity index (χ2v) is 7.33. The molecule has 0 aromatic heterocycles. The van der Waals surface area contributed by atoms with Gasteiger partial charge >= 0.3 is 5.97 Å². The van der Waals surface area contributed by atoms with Crippen molar-refractivity contribution in [1.29, 1.82) is 0 Å². The molecule has 3 nitrogen and oxygen atoms in total. The summed E-state index contributed by atoms with van der Waals surface area (Å²) >= 11 is 0. The molecule has 3 unspecified atom stereocenters. The zero-order valence-electron chi connectivity index (χ0n) is 12.5. The van der Waals surface area contributed by atoms with Crippen LogP contribution in [-0.4, -0.2) is 24.3 Å². The Bertz CT molecular complexity index is 361. The lowest BCUT2D eigenvalue weighted by Crippen LogP contribution is -2.45. The highest BCUT2D eigenvalue weighted by Crippen LogP contribution is 2.64. The van der Waals surface area contributed by atoms with Gasteiger partial charge in [0.1, 0.15) is 5.60 Å². The second-order valence-electron chi connectivity index (χ2n) is 7.33. The number of hydrogen-bond acceptors (Lipinski definition) is 3. The minimum absolute atomic E-state index is 0.158. The molecule has 2 aliphatic rings. The molecule has 0 N–H and O–H groups in total. The maximum atomic E-state index is 12.2. The van der Waals surface area contributed by atoms with Gasteiger partial charge in [-0.2, -0.15) is 0 Å². The summed E-state index contributed by atoms with van der Waals surface area (Å²) in [7, 11) is 1.46. The number of methoxy groups -OCH3 is 1. The van der Waals surface area contributed by atoms with Crippen LogP contribution >= 0.6 is 0 Å². The SMILES string of the molecule is COC(=O)C1(C(C)C)OC12CC(C)CC(C)(C)C2. The van der Waals surface area contributed by atoms with Crippen molar-refractivity contribution < 1.29 is 14.3 Å². The van der Waals surface area contributed by atoms with Crippen molar-refractivity contribution in [2.24, 2.45) is 17.3 Å². The van der Waals surface area contributed by atoms with Gasteiger partial charge in [-0.3, -0.25) is 0 Å². The highest BCUT2D eigenvalue weighted by atomic mass is 16.7. The molecular formula is C15H26O3. The van der Waals surface area contributed by atoms with Crippen LogP contribution in [0.15, 0.2) is 0 Å². The van der Waals surface area contributed by atoms with E-state index in [0.29, 0.717) is 5.92 Å². The van der Waals surface area contributed by atoms with Crippen molar-refractivity contribution >= 4 is 5.97 Å². The molecule has 2 rings (SSSR count). The summed E-state index contributed by atoms with van der Waals surface area (Å²) in [6, 6.07) is 0. The Labute approximate surface area is 110 Å². The number of ether oxygens (including phenoxy) is 2. The van der Waals surface area contributed by atoms with E-state index in [4.69, 9.17) is 9.47 Å². The van der Waals surface area contributed by atoms with Gasteiger partial charge in [-0.05, 0) is 36.5 Å². The Morgan fingerprint density at radius 1 is 1.33 bits per heavy atom. The molecule has 0 bridgehead atoms. The minimum Gasteiger partial charge on any atom is -0.467 e. The van der Waals surface area contributed by atoms with Crippen LogP contribution in [0.5, 0.6) is 0 Å². The van der Waals surface area contributed by atoms with Crippen molar-refractivity contribution in [3.8, 4) is 0 Å². The summed E-state index contributed by atoms with van der Waals surface area (Å²) in [5, 5.41) is 0. The van der Waals surface area contributed by atoms with Gasteiger partial charge in [0, 0.05) is 0 Å². The van der Waals surface area contributed by atoms with Crippen molar-refractivity contribution in [1.82, 2.24) is 0 Å². The van der Waals surface area contributed by atoms with Crippen molar-refractivity contribution in [2.45, 2.75) is 65.1 Å². The predicted molar refractivity (Wildman–Crippen MR) is 70.2 cm³/mol. The highest BCUT2D eigenvalue weighted by molar-refractivity contribution is 5.85. The Morgan fingerprint density at radius 3 is 2.39 bits per heavy atom. The highest BCUT2D eigenvalue weighted by Gasteiger charge is 2.78. The quantitative estimate of drug-likeness (QED) is 0.561. The van der Waals surface area contributed by atoms with Crippen LogP contribution in [-0.2, 0) is 14.3 Å². The van der Waals surface area contributed by atoms with E-state index in [1.807, 2.05) is 0 Å². The molecule has 0 amide bonds. The Balaban J connectivity index is 2.31. The first-order chi connectivity index (χ1) is 8.19. The van der Waals surface area contributed by atoms with E-state index in [1.54, 1.807) is 0 Å². The lowest BCUT2D eigenvalue weighted by molar-refractivity contribution is -0.148. The zero-order chi connectivity index (χ0) is 13.8. The average Bonchev–Trinajstić information content (AvgIpc) is 2.82. The zero-order valence-corrected chi connectivity index (χ0v) is 12.5. The predicted octanol–water partition coefficient (Wildman–Crippen LogP) is 3.17. The maximum absolute atomic E-state index is 12.2. The molecule has 0 radical (unpaired) electrons. The maximum Gasteiger partial charge on any atom is 0.341 e. The molecular weight excluding hydrogens is 228 g/mol. The van der Waals surface area contributed by atoms with Gasteiger partial charge in [0.2, 0.25) is 0 Å². The van der Waals surface area contributed by atoms with Crippen LogP contribution in [0.2, 0.25) is 0 Å². The first kappa shape index (κ1) is 13.9. The molecule has 18 heavy (non-hydrogen) atoms. The van der Waals surface area contributed by atoms with Crippen LogP contribution in [0.4, 0.5) is 0 Å². The smallest absolute Gasteiger partial charge is 0.341 e. The molecule has 1 heterocycles. The standard InChI is InChI=1S/C15H26O3/c1-10(2)15(12(16)17-6)14(18-15)8-11(3)7-13(4,5)9-14/h10-11H,7-9H2,1-6H3. The number of rotatable bonds is 2. The summed E-state index contributed by atoms with van der Waals surface area (Å²) < 4.78 is 11.1. The monoisotopic (exact) mass is 254 g/mol. The fourth-order valence-corrected chi connectivity index (χ4v) is 4.40. The van der Waals surface area contributed by atoms with E-state index < -0.39 is 5.60 Å². The van der Waals surface area contributed by atoms with E-state index in [2.05, 4.69) is 34.6 Å². The summed E-state index contributed by atoms with van der Waals surface area (Å²) in [6.45, 7) is 10.9. The van der Waals surface area contributed by atoms with Gasteiger partial charge < -0.3 is 9.47 Å². The minimum atomic E-state index is -0.701. The Kier molecular flexibility index (Phi) is 3.05. The molecule has 1 saturated carbocycles. The molecule has 1 saturated heterocycles. The average molecular weight is 254 g/mol. The fraction of sp³-hybridized carbons (Fsp3) is 0.933. The van der Waals surface area contributed by atoms with Crippen molar-refractivity contribution in [2.75, 3.05) is 7.11 Å². The fourth-order valence-electron chi connectivity index (χ4n) is 4.40. The largest absolute Gasteiger partial charge is 0.467 e. The number of epoxide rings is 1. The third-order valence-electron chi connectivity index (χ3n) is 4.64. The van der Waals surface area contributed by atoms with E-state index in [1.165, 1.54) is 13.5 Å². The van der Waals surface area contributed by atoms with E-state index in [-0.39, 0.29) is 22.9 Å². The molecule has 1 aliphatic heterocycles. The molecule has 0 aromatic rings. The topological polar surface area (TPSA) is 38.8 Å². The normalized spacial score (nSPS) is 42.1. The molecule has 2 fully saturated rings. The van der Waals surface area contributed by atoms with Crippen LogP contribution < -0.4 is 0 Å². The van der Waals surface area contributed by atoms with E-state index in [9.17, 15) is 4.79 Å². The number of carbonyl (C=O) groups excluding carboxylic acids is 1. The lowest BCUT2D eigenvalue weighted by Gasteiger charge is -2.39. The number of hydrogen-bond donors (Lipinski definition) is 0.